The Labute approximate surface area is 126 Å². The molecule has 0 aliphatic carbocycles. The topological polar surface area (TPSA) is 52.0 Å². The zero-order valence-electron chi connectivity index (χ0n) is 12.6. The van der Waals surface area contributed by atoms with Crippen LogP contribution < -0.4 is 15.0 Å². The van der Waals surface area contributed by atoms with Crippen molar-refractivity contribution in [3.8, 4) is 5.75 Å². The van der Waals surface area contributed by atoms with Crippen molar-refractivity contribution in [1.82, 2.24) is 5.32 Å². The third kappa shape index (κ3) is 5.36. The van der Waals surface area contributed by atoms with Crippen molar-refractivity contribution < 1.29 is 19.2 Å². The second-order valence-electron chi connectivity index (χ2n) is 5.23. The van der Waals surface area contributed by atoms with Crippen LogP contribution in [-0.2, 0) is 9.53 Å². The van der Waals surface area contributed by atoms with Crippen LogP contribution in [0.4, 0.5) is 0 Å². The molecule has 1 aromatic carbocycles. The molecule has 1 saturated heterocycles. The van der Waals surface area contributed by atoms with Crippen LogP contribution in [0.5, 0.6) is 5.75 Å². The van der Waals surface area contributed by atoms with Crippen LogP contribution in [0.15, 0.2) is 30.3 Å². The number of carbonyl (C=O) groups is 1. The molecule has 0 bridgehead atoms. The quantitative estimate of drug-likeness (QED) is 0.737. The molecule has 0 spiro atoms. The van der Waals surface area contributed by atoms with E-state index in [-0.39, 0.29) is 5.91 Å². The Morgan fingerprint density at radius 1 is 1.33 bits per heavy atom. The molecule has 1 atom stereocenters. The summed E-state index contributed by atoms with van der Waals surface area (Å²) in [5.74, 6) is 0.701. The molecule has 0 saturated carbocycles. The third-order valence-corrected chi connectivity index (χ3v) is 3.66. The van der Waals surface area contributed by atoms with Crippen molar-refractivity contribution in [3.05, 3.63) is 30.3 Å². The van der Waals surface area contributed by atoms with Gasteiger partial charge in [0.1, 0.15) is 18.8 Å². The number of hydrogen-bond acceptors (Lipinski definition) is 3. The molecule has 2 N–H and O–H groups in total. The first-order chi connectivity index (χ1) is 10.3. The average molecular weight is 293 g/mol. The lowest BCUT2D eigenvalue weighted by Crippen LogP contribution is -3.14. The Hall–Kier alpha value is -1.59. The van der Waals surface area contributed by atoms with Crippen molar-refractivity contribution in [1.29, 1.82) is 0 Å². The number of ether oxygens (including phenoxy) is 2. The van der Waals surface area contributed by atoms with Crippen LogP contribution in [0.2, 0.25) is 0 Å². The Balaban J connectivity index is 1.72. The van der Waals surface area contributed by atoms with Crippen molar-refractivity contribution in [2.24, 2.45) is 0 Å². The minimum atomic E-state index is -0.424. The van der Waals surface area contributed by atoms with E-state index in [0.29, 0.717) is 13.0 Å². The van der Waals surface area contributed by atoms with Crippen LogP contribution in [-0.4, -0.2) is 51.4 Å². The summed E-state index contributed by atoms with van der Waals surface area (Å²) in [6, 6.07) is 9.48. The van der Waals surface area contributed by atoms with E-state index in [2.05, 4.69) is 5.32 Å². The number of rotatable bonds is 7. The summed E-state index contributed by atoms with van der Waals surface area (Å²) >= 11 is 0. The first kappa shape index (κ1) is 15.8. The SMILES string of the molecule is CC[C@@H](Oc1ccccc1)C(=O)NCC[NH+]1CCOCC1. The zero-order valence-corrected chi connectivity index (χ0v) is 12.6. The summed E-state index contributed by atoms with van der Waals surface area (Å²) in [6.45, 7) is 7.26. The smallest absolute Gasteiger partial charge is 0.261 e. The fourth-order valence-electron chi connectivity index (χ4n) is 2.37. The molecule has 1 aromatic rings. The van der Waals surface area contributed by atoms with Gasteiger partial charge < -0.3 is 19.7 Å². The molecule has 1 fully saturated rings. The summed E-state index contributed by atoms with van der Waals surface area (Å²) in [6.07, 6.45) is 0.234. The van der Waals surface area contributed by atoms with Crippen molar-refractivity contribution in [2.45, 2.75) is 19.4 Å². The van der Waals surface area contributed by atoms with Crippen LogP contribution in [0.1, 0.15) is 13.3 Å². The Kier molecular flexibility index (Phi) is 6.50. The predicted molar refractivity (Wildman–Crippen MR) is 80.5 cm³/mol. The maximum atomic E-state index is 12.2. The molecule has 116 valence electrons. The largest absolute Gasteiger partial charge is 0.481 e. The number of quaternary nitrogens is 1. The van der Waals surface area contributed by atoms with Gasteiger partial charge in [-0.3, -0.25) is 4.79 Å². The van der Waals surface area contributed by atoms with Gasteiger partial charge in [0.25, 0.3) is 5.91 Å². The van der Waals surface area contributed by atoms with Gasteiger partial charge in [-0.25, -0.2) is 0 Å². The highest BCUT2D eigenvalue weighted by Gasteiger charge is 2.19. The minimum Gasteiger partial charge on any atom is -0.481 e. The van der Waals surface area contributed by atoms with Gasteiger partial charge in [-0.15, -0.1) is 0 Å². The summed E-state index contributed by atoms with van der Waals surface area (Å²) in [4.78, 5) is 13.6. The number of carbonyl (C=O) groups excluding carboxylic acids is 1. The Bertz CT molecular complexity index is 419. The average Bonchev–Trinajstić information content (AvgIpc) is 2.54. The van der Waals surface area contributed by atoms with Gasteiger partial charge in [0.2, 0.25) is 0 Å². The maximum absolute atomic E-state index is 12.2. The number of amides is 1. The lowest BCUT2D eigenvalue weighted by Gasteiger charge is -2.24. The first-order valence-corrected chi connectivity index (χ1v) is 7.70. The molecule has 21 heavy (non-hydrogen) atoms. The maximum Gasteiger partial charge on any atom is 0.261 e. The van der Waals surface area contributed by atoms with Crippen LogP contribution >= 0.6 is 0 Å². The summed E-state index contributed by atoms with van der Waals surface area (Å²) < 4.78 is 11.1. The van der Waals surface area contributed by atoms with E-state index in [1.807, 2.05) is 37.3 Å². The Morgan fingerprint density at radius 3 is 2.71 bits per heavy atom. The van der Waals surface area contributed by atoms with Crippen LogP contribution in [0.3, 0.4) is 0 Å². The standard InChI is InChI=1S/C16H24N2O3/c1-2-15(21-14-6-4-3-5-7-14)16(19)17-8-9-18-10-12-20-13-11-18/h3-7,15H,2,8-13H2,1H3,(H,17,19)/p+1/t15-/m1/s1. The highest BCUT2D eigenvalue weighted by atomic mass is 16.5. The van der Waals surface area contributed by atoms with E-state index in [9.17, 15) is 4.79 Å². The number of para-hydroxylation sites is 1. The third-order valence-electron chi connectivity index (χ3n) is 3.66. The van der Waals surface area contributed by atoms with Gasteiger partial charge in [0.15, 0.2) is 6.10 Å². The van der Waals surface area contributed by atoms with Gasteiger partial charge in [-0.2, -0.15) is 0 Å². The number of benzene rings is 1. The van der Waals surface area contributed by atoms with Gasteiger partial charge in [-0.05, 0) is 18.6 Å². The fourth-order valence-corrected chi connectivity index (χ4v) is 2.37. The highest BCUT2D eigenvalue weighted by Crippen LogP contribution is 2.12. The number of hydrogen-bond donors (Lipinski definition) is 2. The minimum absolute atomic E-state index is 0.0333. The Morgan fingerprint density at radius 2 is 2.05 bits per heavy atom. The molecular formula is C16H25N2O3+. The molecule has 5 nitrogen and oxygen atoms in total. The van der Waals surface area contributed by atoms with Crippen molar-refractivity contribution >= 4 is 5.91 Å². The number of morpholine rings is 1. The van der Waals surface area contributed by atoms with Crippen LogP contribution in [0.25, 0.3) is 0 Å². The summed E-state index contributed by atoms with van der Waals surface area (Å²) in [5.41, 5.74) is 0. The molecule has 1 amide bonds. The molecule has 0 aromatic heterocycles. The van der Waals surface area contributed by atoms with Crippen molar-refractivity contribution in [3.63, 3.8) is 0 Å². The van der Waals surface area contributed by atoms with E-state index < -0.39 is 6.10 Å². The normalized spacial score (nSPS) is 17.2. The molecule has 0 unspecified atom stereocenters. The molecule has 2 rings (SSSR count). The van der Waals surface area contributed by atoms with Crippen LogP contribution in [0, 0.1) is 0 Å². The van der Waals surface area contributed by atoms with E-state index in [1.54, 1.807) is 0 Å². The van der Waals surface area contributed by atoms with E-state index in [1.165, 1.54) is 4.90 Å². The predicted octanol–water partition coefficient (Wildman–Crippen LogP) is -0.125. The van der Waals surface area contributed by atoms with E-state index in [0.717, 1.165) is 38.6 Å². The molecule has 5 heteroatoms. The molecule has 0 radical (unpaired) electrons. The van der Waals surface area contributed by atoms with Gasteiger partial charge in [0, 0.05) is 0 Å². The van der Waals surface area contributed by atoms with Gasteiger partial charge >= 0.3 is 0 Å². The van der Waals surface area contributed by atoms with E-state index in [4.69, 9.17) is 9.47 Å². The first-order valence-electron chi connectivity index (χ1n) is 7.70. The van der Waals surface area contributed by atoms with Gasteiger partial charge in [-0.1, -0.05) is 25.1 Å². The molecule has 1 aliphatic heterocycles. The lowest BCUT2D eigenvalue weighted by molar-refractivity contribution is -0.906. The fraction of sp³-hybridized carbons (Fsp3) is 0.562. The van der Waals surface area contributed by atoms with Crippen molar-refractivity contribution in [2.75, 3.05) is 39.4 Å². The second-order valence-corrected chi connectivity index (χ2v) is 5.23. The summed E-state index contributed by atoms with van der Waals surface area (Å²) in [5, 5.41) is 2.98. The zero-order chi connectivity index (χ0) is 14.9. The molecular weight excluding hydrogens is 268 g/mol. The molecule has 1 aliphatic rings. The van der Waals surface area contributed by atoms with E-state index >= 15 is 0 Å². The number of nitrogens with one attached hydrogen (secondary N) is 2. The summed E-state index contributed by atoms with van der Waals surface area (Å²) in [7, 11) is 0. The second kappa shape index (κ2) is 8.64. The lowest BCUT2D eigenvalue weighted by atomic mass is 10.2. The molecule has 1 heterocycles. The van der Waals surface area contributed by atoms with Gasteiger partial charge in [0.05, 0.1) is 26.3 Å². The monoisotopic (exact) mass is 293 g/mol. The highest BCUT2D eigenvalue weighted by molar-refractivity contribution is 5.81.